The molecule has 0 aliphatic carbocycles. The van der Waals surface area contributed by atoms with Crippen LogP contribution in [0.5, 0.6) is 0 Å². The molecule has 0 spiro atoms. The van der Waals surface area contributed by atoms with Gasteiger partial charge in [-0.3, -0.25) is 4.79 Å². The lowest BCUT2D eigenvalue weighted by Gasteiger charge is -2.10. The second-order valence-corrected chi connectivity index (χ2v) is 4.07. The second-order valence-electron chi connectivity index (χ2n) is 4.07. The molecule has 1 aromatic carbocycles. The topological polar surface area (TPSA) is 32.9 Å². The van der Waals surface area contributed by atoms with Gasteiger partial charge in [0.15, 0.2) is 23.3 Å². The van der Waals surface area contributed by atoms with Crippen LogP contribution in [0.4, 0.5) is 35.1 Å². The predicted molar refractivity (Wildman–Crippen MR) is 57.3 cm³/mol. The molecule has 0 bridgehead atoms. The predicted octanol–water partition coefficient (Wildman–Crippen LogP) is 3.76. The highest BCUT2D eigenvalue weighted by Gasteiger charge is 2.35. The van der Waals surface area contributed by atoms with Gasteiger partial charge in [0.2, 0.25) is 5.82 Å². The number of hydrogen-bond donors (Lipinski definition) is 1. The standard InChI is InChI=1S/C12H3F8NO/c13-6-5(7(14)9(16)10(17)8(6)15)3-1-4(12(18,19)20)11(22)21-2-3/h1-2H,(H,21,22). The van der Waals surface area contributed by atoms with Crippen LogP contribution in [-0.4, -0.2) is 4.98 Å². The minimum absolute atomic E-state index is 0.00287. The molecule has 0 saturated heterocycles. The first kappa shape index (κ1) is 16.0. The molecule has 0 unspecified atom stereocenters. The van der Waals surface area contributed by atoms with Crippen LogP contribution in [-0.2, 0) is 6.18 Å². The molecule has 1 N–H and O–H groups in total. The van der Waals surface area contributed by atoms with Gasteiger partial charge in [0, 0.05) is 11.8 Å². The summed E-state index contributed by atoms with van der Waals surface area (Å²) >= 11 is 0. The number of halogens is 8. The van der Waals surface area contributed by atoms with Crippen molar-refractivity contribution in [2.75, 3.05) is 0 Å². The third-order valence-electron chi connectivity index (χ3n) is 2.71. The van der Waals surface area contributed by atoms with E-state index in [1.165, 1.54) is 4.98 Å². The molecule has 0 fully saturated rings. The van der Waals surface area contributed by atoms with Crippen molar-refractivity contribution in [1.29, 1.82) is 0 Å². The zero-order chi connectivity index (χ0) is 16.8. The van der Waals surface area contributed by atoms with E-state index in [1.54, 1.807) is 0 Å². The molecule has 0 aliphatic rings. The van der Waals surface area contributed by atoms with E-state index in [1.807, 2.05) is 0 Å². The van der Waals surface area contributed by atoms with Crippen LogP contribution < -0.4 is 5.56 Å². The summed E-state index contributed by atoms with van der Waals surface area (Å²) in [4.78, 5) is 12.6. The monoisotopic (exact) mass is 329 g/mol. The average molecular weight is 329 g/mol. The molecule has 0 aliphatic heterocycles. The van der Waals surface area contributed by atoms with Gasteiger partial charge in [-0.15, -0.1) is 0 Å². The molecule has 1 aromatic heterocycles. The fourth-order valence-corrected chi connectivity index (χ4v) is 1.70. The number of aromatic nitrogens is 1. The number of nitrogens with one attached hydrogen (secondary N) is 1. The fourth-order valence-electron chi connectivity index (χ4n) is 1.70. The van der Waals surface area contributed by atoms with Gasteiger partial charge in [-0.1, -0.05) is 0 Å². The molecule has 0 amide bonds. The van der Waals surface area contributed by atoms with E-state index >= 15 is 0 Å². The second kappa shape index (κ2) is 5.11. The molecule has 2 nitrogen and oxygen atoms in total. The number of H-pyrrole nitrogens is 1. The van der Waals surface area contributed by atoms with E-state index in [-0.39, 0.29) is 6.07 Å². The molecule has 0 atom stereocenters. The van der Waals surface area contributed by atoms with E-state index in [0.717, 1.165) is 0 Å². The van der Waals surface area contributed by atoms with Gasteiger partial charge in [0.25, 0.3) is 5.56 Å². The zero-order valence-electron chi connectivity index (χ0n) is 10.1. The van der Waals surface area contributed by atoms with Crippen molar-refractivity contribution in [3.63, 3.8) is 0 Å². The lowest BCUT2D eigenvalue weighted by Crippen LogP contribution is -2.21. The normalized spacial score (nSPS) is 11.8. The van der Waals surface area contributed by atoms with Crippen molar-refractivity contribution < 1.29 is 35.1 Å². The van der Waals surface area contributed by atoms with Gasteiger partial charge in [0.1, 0.15) is 5.56 Å². The van der Waals surface area contributed by atoms with E-state index in [4.69, 9.17) is 0 Å². The summed E-state index contributed by atoms with van der Waals surface area (Å²) in [6.07, 6.45) is -4.76. The first-order chi connectivity index (χ1) is 10.1. The van der Waals surface area contributed by atoms with Crippen LogP contribution in [0.3, 0.4) is 0 Å². The molecular formula is C12H3F8NO. The van der Waals surface area contributed by atoms with Crippen molar-refractivity contribution in [3.8, 4) is 11.1 Å². The van der Waals surface area contributed by atoms with Crippen molar-refractivity contribution >= 4 is 0 Å². The summed E-state index contributed by atoms with van der Waals surface area (Å²) < 4.78 is 104. The van der Waals surface area contributed by atoms with Gasteiger partial charge in [-0.25, -0.2) is 22.0 Å². The van der Waals surface area contributed by atoms with Gasteiger partial charge in [-0.2, -0.15) is 13.2 Å². The van der Waals surface area contributed by atoms with E-state index in [9.17, 15) is 39.9 Å². The average Bonchev–Trinajstić information content (AvgIpc) is 2.43. The summed E-state index contributed by atoms with van der Waals surface area (Å²) in [6.45, 7) is 0. The van der Waals surface area contributed by atoms with Crippen molar-refractivity contribution in [2.24, 2.45) is 0 Å². The lowest BCUT2D eigenvalue weighted by atomic mass is 10.0. The van der Waals surface area contributed by atoms with E-state index in [2.05, 4.69) is 0 Å². The molecule has 1 heterocycles. The Balaban J connectivity index is 2.82. The highest BCUT2D eigenvalue weighted by Crippen LogP contribution is 2.33. The number of rotatable bonds is 1. The number of aromatic amines is 1. The van der Waals surface area contributed by atoms with Gasteiger partial charge < -0.3 is 4.98 Å². The summed E-state index contributed by atoms with van der Waals surface area (Å²) in [5.74, 6) is -11.7. The Hall–Kier alpha value is -2.39. The van der Waals surface area contributed by atoms with Gasteiger partial charge in [-0.05, 0) is 6.07 Å². The van der Waals surface area contributed by atoms with Crippen LogP contribution in [0, 0.1) is 29.1 Å². The van der Waals surface area contributed by atoms with Crippen LogP contribution in [0.2, 0.25) is 0 Å². The fraction of sp³-hybridized carbons (Fsp3) is 0.0833. The zero-order valence-corrected chi connectivity index (χ0v) is 10.1. The van der Waals surface area contributed by atoms with Crippen molar-refractivity contribution in [3.05, 3.63) is 57.3 Å². The highest BCUT2D eigenvalue weighted by molar-refractivity contribution is 5.65. The molecule has 0 radical (unpaired) electrons. The summed E-state index contributed by atoms with van der Waals surface area (Å²) in [5, 5.41) is 0. The minimum atomic E-state index is -5.17. The highest BCUT2D eigenvalue weighted by atomic mass is 19.4. The smallest absolute Gasteiger partial charge is 0.328 e. The minimum Gasteiger partial charge on any atom is -0.328 e. The molecule has 0 saturated carbocycles. The molecule has 22 heavy (non-hydrogen) atoms. The Morgan fingerprint density at radius 2 is 1.27 bits per heavy atom. The Morgan fingerprint density at radius 1 is 0.818 bits per heavy atom. The maximum atomic E-state index is 13.5. The van der Waals surface area contributed by atoms with Gasteiger partial charge in [0.05, 0.1) is 5.56 Å². The number of pyridine rings is 1. The van der Waals surface area contributed by atoms with Gasteiger partial charge >= 0.3 is 6.18 Å². The maximum absolute atomic E-state index is 13.5. The Kier molecular flexibility index (Phi) is 3.71. The van der Waals surface area contributed by atoms with E-state index in [0.29, 0.717) is 6.20 Å². The largest absolute Gasteiger partial charge is 0.421 e. The summed E-state index contributed by atoms with van der Waals surface area (Å²) in [6, 6.07) is -0.00287. The molecule has 118 valence electrons. The number of hydrogen-bond acceptors (Lipinski definition) is 1. The quantitative estimate of drug-likeness (QED) is 0.482. The Bertz CT molecular complexity index is 779. The van der Waals surface area contributed by atoms with Crippen LogP contribution in [0.1, 0.15) is 5.56 Å². The lowest BCUT2D eigenvalue weighted by molar-refractivity contribution is -0.138. The molecular weight excluding hydrogens is 326 g/mol. The third kappa shape index (κ3) is 2.44. The van der Waals surface area contributed by atoms with Crippen molar-refractivity contribution in [2.45, 2.75) is 6.18 Å². The van der Waals surface area contributed by atoms with Crippen molar-refractivity contribution in [1.82, 2.24) is 4.98 Å². The first-order valence-corrected chi connectivity index (χ1v) is 5.37. The summed E-state index contributed by atoms with van der Waals surface area (Å²) in [5.41, 5.74) is -6.05. The van der Waals surface area contributed by atoms with Crippen LogP contribution in [0.15, 0.2) is 17.1 Å². The number of benzene rings is 1. The summed E-state index contributed by atoms with van der Waals surface area (Å²) in [7, 11) is 0. The molecule has 2 rings (SSSR count). The van der Waals surface area contributed by atoms with E-state index < -0.39 is 57.5 Å². The van der Waals surface area contributed by atoms with Crippen LogP contribution in [0.25, 0.3) is 11.1 Å². The first-order valence-electron chi connectivity index (χ1n) is 5.37. The molecule has 2 aromatic rings. The van der Waals surface area contributed by atoms with Crippen LogP contribution >= 0.6 is 0 Å². The Labute approximate surface area is 116 Å². The molecule has 10 heteroatoms. The maximum Gasteiger partial charge on any atom is 0.421 e. The number of alkyl halides is 3. The SMILES string of the molecule is O=c1[nH]cc(-c2c(F)c(F)c(F)c(F)c2F)cc1C(F)(F)F. The third-order valence-corrected chi connectivity index (χ3v) is 2.71. The Morgan fingerprint density at radius 3 is 1.73 bits per heavy atom.